The van der Waals surface area contributed by atoms with Crippen molar-refractivity contribution in [2.45, 2.75) is 57.4 Å². The Morgan fingerprint density at radius 3 is 1.62 bits per heavy atom. The Bertz CT molecular complexity index is 211. The lowest BCUT2D eigenvalue weighted by Crippen LogP contribution is -2.60. The minimum absolute atomic E-state index is 0.151. The Morgan fingerprint density at radius 1 is 0.923 bits per heavy atom. The molecule has 2 aliphatic rings. The second kappa shape index (κ2) is 2.27. The van der Waals surface area contributed by atoms with Crippen LogP contribution in [0.5, 0.6) is 0 Å². The zero-order valence-corrected chi connectivity index (χ0v) is 9.18. The van der Waals surface area contributed by atoms with E-state index in [0.717, 1.165) is 12.8 Å². The standard InChI is InChI=1S/C10H19NO2/c1-8(2)6-10(12-13-10)7-9(3,4)11(8)5/h6-7H2,1-5H3. The Hall–Kier alpha value is -0.120. The number of piperidine rings is 1. The molecule has 0 saturated carbocycles. The third kappa shape index (κ3) is 1.39. The predicted octanol–water partition coefficient (Wildman–Crippen LogP) is 1.93. The highest BCUT2D eigenvalue weighted by molar-refractivity contribution is 5.03. The van der Waals surface area contributed by atoms with Gasteiger partial charge >= 0.3 is 0 Å². The van der Waals surface area contributed by atoms with E-state index < -0.39 is 0 Å². The lowest BCUT2D eigenvalue weighted by Gasteiger charge is -2.51. The first-order valence-corrected chi connectivity index (χ1v) is 4.88. The molecule has 2 aliphatic heterocycles. The van der Waals surface area contributed by atoms with E-state index in [1.54, 1.807) is 0 Å². The maximum atomic E-state index is 5.13. The summed E-state index contributed by atoms with van der Waals surface area (Å²) < 4.78 is 0. The molecule has 13 heavy (non-hydrogen) atoms. The van der Waals surface area contributed by atoms with E-state index >= 15 is 0 Å². The molecule has 76 valence electrons. The number of nitrogens with zero attached hydrogens (tertiary/aromatic N) is 1. The molecule has 3 heteroatoms. The minimum Gasteiger partial charge on any atom is -0.296 e. The molecule has 0 unspecified atom stereocenters. The van der Waals surface area contributed by atoms with Gasteiger partial charge in [0, 0.05) is 23.9 Å². The summed E-state index contributed by atoms with van der Waals surface area (Å²) in [5, 5.41) is 0. The molecule has 2 fully saturated rings. The average Bonchev–Trinajstić information content (AvgIpc) is 2.62. The predicted molar refractivity (Wildman–Crippen MR) is 50.1 cm³/mol. The summed E-state index contributed by atoms with van der Waals surface area (Å²) in [5.74, 6) is -0.264. The van der Waals surface area contributed by atoms with E-state index in [2.05, 4.69) is 39.6 Å². The lowest BCUT2D eigenvalue weighted by atomic mass is 9.77. The molecule has 2 saturated heterocycles. The van der Waals surface area contributed by atoms with E-state index in [1.165, 1.54) is 0 Å². The number of likely N-dealkylation sites (tertiary alicyclic amines) is 1. The van der Waals surface area contributed by atoms with Crippen molar-refractivity contribution in [2.24, 2.45) is 0 Å². The minimum atomic E-state index is -0.264. The van der Waals surface area contributed by atoms with Crippen LogP contribution >= 0.6 is 0 Å². The molecule has 0 N–H and O–H groups in total. The van der Waals surface area contributed by atoms with Crippen LogP contribution in [0, 0.1) is 0 Å². The fraction of sp³-hybridized carbons (Fsp3) is 1.00. The fourth-order valence-corrected chi connectivity index (χ4v) is 2.61. The zero-order chi connectivity index (χ0) is 9.91. The summed E-state index contributed by atoms with van der Waals surface area (Å²) in [5.41, 5.74) is 0.302. The molecule has 0 radical (unpaired) electrons. The lowest BCUT2D eigenvalue weighted by molar-refractivity contribution is -0.0445. The second-order valence-corrected chi connectivity index (χ2v) is 5.61. The van der Waals surface area contributed by atoms with Gasteiger partial charge in [-0.2, -0.15) is 9.78 Å². The van der Waals surface area contributed by atoms with Crippen LogP contribution in [0.2, 0.25) is 0 Å². The molecule has 0 bridgehead atoms. The first-order chi connectivity index (χ1) is 5.78. The van der Waals surface area contributed by atoms with E-state index in [1.807, 2.05) is 0 Å². The Labute approximate surface area is 79.9 Å². The van der Waals surface area contributed by atoms with Crippen LogP contribution in [-0.2, 0) is 9.78 Å². The van der Waals surface area contributed by atoms with Crippen LogP contribution < -0.4 is 0 Å². The van der Waals surface area contributed by atoms with Gasteiger partial charge in [0.1, 0.15) is 0 Å². The first kappa shape index (κ1) is 9.44. The molecule has 0 atom stereocenters. The molecule has 0 aromatic carbocycles. The molecule has 3 nitrogen and oxygen atoms in total. The van der Waals surface area contributed by atoms with Crippen LogP contribution in [0.25, 0.3) is 0 Å². The smallest absolute Gasteiger partial charge is 0.237 e. The summed E-state index contributed by atoms with van der Waals surface area (Å²) in [4.78, 5) is 12.7. The van der Waals surface area contributed by atoms with Gasteiger partial charge in [-0.25, -0.2) is 0 Å². The first-order valence-electron chi connectivity index (χ1n) is 4.88. The van der Waals surface area contributed by atoms with Crippen LogP contribution in [0.15, 0.2) is 0 Å². The third-order valence-electron chi connectivity index (χ3n) is 3.54. The van der Waals surface area contributed by atoms with Crippen molar-refractivity contribution < 1.29 is 9.78 Å². The summed E-state index contributed by atoms with van der Waals surface area (Å²) in [6, 6.07) is 0. The summed E-state index contributed by atoms with van der Waals surface area (Å²) in [6.45, 7) is 8.95. The maximum absolute atomic E-state index is 5.13. The van der Waals surface area contributed by atoms with Crippen molar-refractivity contribution in [3.05, 3.63) is 0 Å². The fourth-order valence-electron chi connectivity index (χ4n) is 2.61. The van der Waals surface area contributed by atoms with Gasteiger partial charge in [-0.3, -0.25) is 4.90 Å². The topological polar surface area (TPSA) is 28.3 Å². The van der Waals surface area contributed by atoms with Crippen molar-refractivity contribution in [1.29, 1.82) is 0 Å². The van der Waals surface area contributed by atoms with E-state index in [0.29, 0.717) is 0 Å². The number of rotatable bonds is 0. The monoisotopic (exact) mass is 185 g/mol. The highest BCUT2D eigenvalue weighted by atomic mass is 17.4. The van der Waals surface area contributed by atoms with Gasteiger partial charge in [0.25, 0.3) is 0 Å². The molecule has 0 amide bonds. The summed E-state index contributed by atoms with van der Waals surface area (Å²) in [6.07, 6.45) is 1.92. The quantitative estimate of drug-likeness (QED) is 0.426. The highest BCUT2D eigenvalue weighted by Gasteiger charge is 2.61. The number of hydrogen-bond donors (Lipinski definition) is 0. The van der Waals surface area contributed by atoms with Crippen LogP contribution in [-0.4, -0.2) is 28.8 Å². The van der Waals surface area contributed by atoms with Crippen molar-refractivity contribution in [1.82, 2.24) is 4.90 Å². The van der Waals surface area contributed by atoms with Gasteiger partial charge in [0.2, 0.25) is 5.79 Å². The van der Waals surface area contributed by atoms with Gasteiger partial charge in [-0.15, -0.1) is 0 Å². The Kier molecular flexibility index (Phi) is 1.65. The molecule has 2 rings (SSSR count). The van der Waals surface area contributed by atoms with Crippen molar-refractivity contribution >= 4 is 0 Å². The van der Waals surface area contributed by atoms with Gasteiger partial charge in [-0.05, 0) is 34.7 Å². The van der Waals surface area contributed by atoms with Crippen LogP contribution in [0.4, 0.5) is 0 Å². The van der Waals surface area contributed by atoms with Crippen molar-refractivity contribution in [3.63, 3.8) is 0 Å². The summed E-state index contributed by atoms with van der Waals surface area (Å²) in [7, 11) is 2.18. The molecule has 0 aliphatic carbocycles. The van der Waals surface area contributed by atoms with Gasteiger partial charge in [-0.1, -0.05) is 0 Å². The molecule has 2 heterocycles. The summed E-state index contributed by atoms with van der Waals surface area (Å²) >= 11 is 0. The maximum Gasteiger partial charge on any atom is 0.237 e. The molecule has 0 aromatic heterocycles. The normalized spacial score (nSPS) is 34.8. The molecular formula is C10H19NO2. The highest BCUT2D eigenvalue weighted by Crippen LogP contribution is 2.51. The number of hydrogen-bond acceptors (Lipinski definition) is 3. The van der Waals surface area contributed by atoms with E-state index in [9.17, 15) is 0 Å². The van der Waals surface area contributed by atoms with E-state index in [-0.39, 0.29) is 16.9 Å². The van der Waals surface area contributed by atoms with E-state index in [4.69, 9.17) is 9.78 Å². The molecule has 0 aromatic rings. The van der Waals surface area contributed by atoms with Crippen molar-refractivity contribution in [2.75, 3.05) is 7.05 Å². The van der Waals surface area contributed by atoms with Crippen LogP contribution in [0.3, 0.4) is 0 Å². The Balaban J connectivity index is 2.25. The van der Waals surface area contributed by atoms with Crippen LogP contribution in [0.1, 0.15) is 40.5 Å². The zero-order valence-electron chi connectivity index (χ0n) is 9.18. The largest absolute Gasteiger partial charge is 0.296 e. The SMILES string of the molecule is CN1C(C)(C)CC2(CC1(C)C)OO2. The van der Waals surface area contributed by atoms with Crippen molar-refractivity contribution in [3.8, 4) is 0 Å². The average molecular weight is 185 g/mol. The van der Waals surface area contributed by atoms with Gasteiger partial charge < -0.3 is 0 Å². The van der Waals surface area contributed by atoms with Gasteiger partial charge in [0.15, 0.2) is 0 Å². The second-order valence-electron chi connectivity index (χ2n) is 5.61. The van der Waals surface area contributed by atoms with Gasteiger partial charge in [0.05, 0.1) is 0 Å². The third-order valence-corrected chi connectivity index (χ3v) is 3.54. The molecular weight excluding hydrogens is 166 g/mol. The Morgan fingerprint density at radius 2 is 1.31 bits per heavy atom. The molecule has 1 spiro atoms.